The fourth-order valence-electron chi connectivity index (χ4n) is 1.10. The first-order valence-electron chi connectivity index (χ1n) is 4.73. The number of amidine groups is 1. The predicted molar refractivity (Wildman–Crippen MR) is 69.1 cm³/mol. The molecule has 4 heteroatoms. The zero-order chi connectivity index (χ0) is 11.1. The molecule has 0 aliphatic carbocycles. The molecule has 0 aromatic heterocycles. The number of thioether (sulfide) groups is 1. The van der Waals surface area contributed by atoms with Gasteiger partial charge in [-0.05, 0) is 35.7 Å². The van der Waals surface area contributed by atoms with Gasteiger partial charge < -0.3 is 11.1 Å². The van der Waals surface area contributed by atoms with Gasteiger partial charge in [0.15, 0.2) is 5.17 Å². The van der Waals surface area contributed by atoms with Crippen LogP contribution in [0.3, 0.4) is 0 Å². The monoisotopic (exact) mass is 221 g/mol. The maximum atomic E-state index is 7.58. The van der Waals surface area contributed by atoms with Gasteiger partial charge in [0, 0.05) is 5.69 Å². The first-order chi connectivity index (χ1) is 7.26. The molecule has 0 spiro atoms. The second kappa shape index (κ2) is 6.14. The summed E-state index contributed by atoms with van der Waals surface area (Å²) in [5, 5.41) is 11.1. The summed E-state index contributed by atoms with van der Waals surface area (Å²) in [5.41, 5.74) is 7.26. The summed E-state index contributed by atoms with van der Waals surface area (Å²) in [7, 11) is 0. The largest absolute Gasteiger partial charge is 0.405 e. The molecule has 1 aromatic rings. The number of hydrogen-bond acceptors (Lipinski definition) is 3. The zero-order valence-electron chi connectivity index (χ0n) is 8.66. The highest BCUT2D eigenvalue weighted by molar-refractivity contribution is 8.14. The molecule has 0 amide bonds. The number of rotatable bonds is 3. The van der Waals surface area contributed by atoms with Crippen LogP contribution < -0.4 is 11.1 Å². The lowest BCUT2D eigenvalue weighted by Crippen LogP contribution is -2.05. The maximum Gasteiger partial charge on any atom is 0.158 e. The van der Waals surface area contributed by atoms with E-state index in [0.717, 1.165) is 17.0 Å². The molecule has 1 aromatic carbocycles. The van der Waals surface area contributed by atoms with Crippen molar-refractivity contribution >= 4 is 28.7 Å². The van der Waals surface area contributed by atoms with Gasteiger partial charge in [-0.3, -0.25) is 5.41 Å². The van der Waals surface area contributed by atoms with Crippen LogP contribution in [0.4, 0.5) is 5.69 Å². The Hall–Kier alpha value is -1.42. The normalized spacial score (nSPS) is 10.5. The van der Waals surface area contributed by atoms with Crippen LogP contribution in [0.5, 0.6) is 0 Å². The summed E-state index contributed by atoms with van der Waals surface area (Å²) in [6.45, 7) is 2.02. The SMILES string of the molecule is CCSC(=N)Nc1ccc(C=CN)cc1. The van der Waals surface area contributed by atoms with Crippen molar-refractivity contribution in [1.29, 1.82) is 5.41 Å². The quantitative estimate of drug-likeness (QED) is 0.543. The van der Waals surface area contributed by atoms with Gasteiger partial charge in [-0.25, -0.2) is 0 Å². The summed E-state index contributed by atoms with van der Waals surface area (Å²) < 4.78 is 0. The molecule has 1 rings (SSSR count). The van der Waals surface area contributed by atoms with Gasteiger partial charge in [0.1, 0.15) is 0 Å². The number of anilines is 1. The van der Waals surface area contributed by atoms with Gasteiger partial charge in [-0.15, -0.1) is 0 Å². The minimum Gasteiger partial charge on any atom is -0.405 e. The van der Waals surface area contributed by atoms with Gasteiger partial charge in [-0.1, -0.05) is 30.8 Å². The molecule has 80 valence electrons. The van der Waals surface area contributed by atoms with E-state index in [4.69, 9.17) is 11.1 Å². The number of hydrogen-bond donors (Lipinski definition) is 3. The van der Waals surface area contributed by atoms with Crippen LogP contribution in [-0.2, 0) is 0 Å². The highest BCUT2D eigenvalue weighted by Crippen LogP contribution is 2.12. The Morgan fingerprint density at radius 1 is 1.47 bits per heavy atom. The molecule has 15 heavy (non-hydrogen) atoms. The summed E-state index contributed by atoms with van der Waals surface area (Å²) >= 11 is 1.48. The molecule has 0 unspecified atom stereocenters. The third kappa shape index (κ3) is 4.08. The molecule has 0 heterocycles. The molecule has 0 saturated heterocycles. The number of nitrogens with two attached hydrogens (primary N) is 1. The Morgan fingerprint density at radius 2 is 2.13 bits per heavy atom. The van der Waals surface area contributed by atoms with Crippen molar-refractivity contribution in [3.63, 3.8) is 0 Å². The van der Waals surface area contributed by atoms with Crippen molar-refractivity contribution in [2.75, 3.05) is 11.1 Å². The van der Waals surface area contributed by atoms with Crippen LogP contribution in [-0.4, -0.2) is 10.9 Å². The summed E-state index contributed by atoms with van der Waals surface area (Å²) in [6.07, 6.45) is 3.34. The van der Waals surface area contributed by atoms with Crippen LogP contribution in [0.1, 0.15) is 12.5 Å². The van der Waals surface area contributed by atoms with E-state index in [9.17, 15) is 0 Å². The lowest BCUT2D eigenvalue weighted by Gasteiger charge is -2.06. The van der Waals surface area contributed by atoms with Crippen molar-refractivity contribution in [3.8, 4) is 0 Å². The maximum absolute atomic E-state index is 7.58. The van der Waals surface area contributed by atoms with Crippen LogP contribution >= 0.6 is 11.8 Å². The van der Waals surface area contributed by atoms with Crippen molar-refractivity contribution in [2.45, 2.75) is 6.92 Å². The molecule has 0 aliphatic heterocycles. The topological polar surface area (TPSA) is 61.9 Å². The number of benzene rings is 1. The van der Waals surface area contributed by atoms with Gasteiger partial charge in [0.05, 0.1) is 0 Å². The van der Waals surface area contributed by atoms with Crippen LogP contribution in [0.25, 0.3) is 6.08 Å². The minimum atomic E-state index is 0.472. The van der Waals surface area contributed by atoms with Gasteiger partial charge in [-0.2, -0.15) is 0 Å². The second-order valence-electron chi connectivity index (χ2n) is 2.87. The van der Waals surface area contributed by atoms with E-state index < -0.39 is 0 Å². The van der Waals surface area contributed by atoms with Gasteiger partial charge in [0.2, 0.25) is 0 Å². The second-order valence-corrected chi connectivity index (χ2v) is 4.14. The third-order valence-corrected chi connectivity index (χ3v) is 2.43. The lowest BCUT2D eigenvalue weighted by molar-refractivity contribution is 1.49. The van der Waals surface area contributed by atoms with Crippen molar-refractivity contribution < 1.29 is 0 Å². The van der Waals surface area contributed by atoms with Crippen LogP contribution in [0, 0.1) is 5.41 Å². The van der Waals surface area contributed by atoms with E-state index in [-0.39, 0.29) is 0 Å². The minimum absolute atomic E-state index is 0.472. The van der Waals surface area contributed by atoms with E-state index in [2.05, 4.69) is 5.32 Å². The molecule has 0 bridgehead atoms. The average molecular weight is 221 g/mol. The Kier molecular flexibility index (Phi) is 4.77. The van der Waals surface area contributed by atoms with Crippen molar-refractivity contribution in [3.05, 3.63) is 36.0 Å². The van der Waals surface area contributed by atoms with Gasteiger partial charge >= 0.3 is 0 Å². The summed E-state index contributed by atoms with van der Waals surface area (Å²) in [5.74, 6) is 0.903. The van der Waals surface area contributed by atoms with Gasteiger partial charge in [0.25, 0.3) is 0 Å². The first-order valence-corrected chi connectivity index (χ1v) is 5.71. The molecule has 0 saturated carbocycles. The molecule has 0 atom stereocenters. The zero-order valence-corrected chi connectivity index (χ0v) is 9.47. The fraction of sp³-hybridized carbons (Fsp3) is 0.182. The van der Waals surface area contributed by atoms with Crippen molar-refractivity contribution in [1.82, 2.24) is 0 Å². The third-order valence-electron chi connectivity index (χ3n) is 1.75. The highest BCUT2D eigenvalue weighted by atomic mass is 32.2. The molecule has 3 nitrogen and oxygen atoms in total. The summed E-state index contributed by atoms with van der Waals surface area (Å²) in [4.78, 5) is 0. The molecular formula is C11H15N3S. The fourth-order valence-corrected chi connectivity index (χ4v) is 1.58. The highest BCUT2D eigenvalue weighted by Gasteiger charge is 1.96. The van der Waals surface area contributed by atoms with E-state index in [1.807, 2.05) is 37.3 Å². The first kappa shape index (κ1) is 11.7. The molecule has 4 N–H and O–H groups in total. The Morgan fingerprint density at radius 3 is 2.67 bits per heavy atom. The lowest BCUT2D eigenvalue weighted by atomic mass is 10.2. The molecule has 0 radical (unpaired) electrons. The summed E-state index contributed by atoms with van der Waals surface area (Å²) in [6, 6.07) is 7.77. The Bertz CT molecular complexity index is 343. The number of nitrogens with one attached hydrogen (secondary N) is 2. The van der Waals surface area contributed by atoms with E-state index in [0.29, 0.717) is 5.17 Å². The Labute approximate surface area is 94.3 Å². The van der Waals surface area contributed by atoms with Crippen LogP contribution in [0.2, 0.25) is 0 Å². The average Bonchev–Trinajstić information content (AvgIpc) is 2.22. The van der Waals surface area contributed by atoms with E-state index >= 15 is 0 Å². The standard InChI is InChI=1S/C11H15N3S/c1-2-15-11(13)14-10-5-3-9(4-6-10)7-8-12/h3-8H,2,12H2,1H3,(H2,13,14). The smallest absolute Gasteiger partial charge is 0.158 e. The molecule has 0 fully saturated rings. The van der Waals surface area contributed by atoms with Crippen molar-refractivity contribution in [2.24, 2.45) is 5.73 Å². The Balaban J connectivity index is 2.60. The van der Waals surface area contributed by atoms with E-state index in [1.165, 1.54) is 18.0 Å². The predicted octanol–water partition coefficient (Wildman–Crippen LogP) is 2.72. The van der Waals surface area contributed by atoms with E-state index in [1.54, 1.807) is 0 Å². The van der Waals surface area contributed by atoms with Crippen LogP contribution in [0.15, 0.2) is 30.5 Å². The molecular weight excluding hydrogens is 206 g/mol. The molecule has 0 aliphatic rings.